The molecule has 24 heavy (non-hydrogen) atoms. The third kappa shape index (κ3) is 3.82. The van der Waals surface area contributed by atoms with Crippen LogP contribution in [0.25, 0.3) is 0 Å². The summed E-state index contributed by atoms with van der Waals surface area (Å²) >= 11 is 0. The van der Waals surface area contributed by atoms with Gasteiger partial charge in [-0.05, 0) is 36.5 Å². The van der Waals surface area contributed by atoms with Crippen LogP contribution in [0.5, 0.6) is 0 Å². The van der Waals surface area contributed by atoms with E-state index in [-0.39, 0.29) is 5.91 Å². The highest BCUT2D eigenvalue weighted by Gasteiger charge is 2.24. The zero-order chi connectivity index (χ0) is 16.9. The highest BCUT2D eigenvalue weighted by molar-refractivity contribution is 5.94. The third-order valence-electron chi connectivity index (χ3n) is 4.31. The van der Waals surface area contributed by atoms with Gasteiger partial charge in [0.25, 0.3) is 5.91 Å². The molecule has 0 bridgehead atoms. The Bertz CT molecular complexity index is 706. The zero-order valence-electron chi connectivity index (χ0n) is 14.0. The van der Waals surface area contributed by atoms with Crippen LogP contribution in [0.1, 0.15) is 22.3 Å². The van der Waals surface area contributed by atoms with E-state index in [0.29, 0.717) is 18.0 Å². The van der Waals surface area contributed by atoms with Crippen LogP contribution in [0.4, 0.5) is 5.82 Å². The predicted octanol–water partition coefficient (Wildman–Crippen LogP) is 1.80. The molecular weight excluding hydrogens is 302 g/mol. The lowest BCUT2D eigenvalue weighted by molar-refractivity contribution is 0.0957. The fraction of sp³-hybridized carbons (Fsp3) is 0.389. The zero-order valence-corrected chi connectivity index (χ0v) is 14.0. The maximum atomic E-state index is 11.9. The van der Waals surface area contributed by atoms with E-state index in [1.165, 1.54) is 5.56 Å². The van der Waals surface area contributed by atoms with Gasteiger partial charge in [0, 0.05) is 39.1 Å². The summed E-state index contributed by atoms with van der Waals surface area (Å²) in [7, 11) is 1.95. The van der Waals surface area contributed by atoms with Crippen molar-refractivity contribution < 1.29 is 4.79 Å². The van der Waals surface area contributed by atoms with Crippen molar-refractivity contribution in [2.75, 3.05) is 24.5 Å². The van der Waals surface area contributed by atoms with E-state index in [1.807, 2.05) is 30.1 Å². The molecule has 126 valence electrons. The van der Waals surface area contributed by atoms with E-state index in [4.69, 9.17) is 0 Å². The number of anilines is 1. The Morgan fingerprint density at radius 1 is 1.46 bits per heavy atom. The number of nitrogens with zero attached hydrogens (tertiary/aromatic N) is 4. The summed E-state index contributed by atoms with van der Waals surface area (Å²) in [5.41, 5.74) is 1.86. The Kier molecular flexibility index (Phi) is 4.93. The molecule has 1 aliphatic rings. The van der Waals surface area contributed by atoms with Gasteiger partial charge in [-0.2, -0.15) is 5.10 Å². The number of hydrogen-bond acceptors (Lipinski definition) is 4. The molecule has 3 rings (SSSR count). The molecular formula is C18H23N5O. The average Bonchev–Trinajstić information content (AvgIpc) is 3.22. The van der Waals surface area contributed by atoms with E-state index in [0.717, 1.165) is 31.7 Å². The third-order valence-corrected chi connectivity index (χ3v) is 4.31. The minimum atomic E-state index is -0.121. The van der Waals surface area contributed by atoms with E-state index in [1.54, 1.807) is 12.3 Å². The summed E-state index contributed by atoms with van der Waals surface area (Å²) in [4.78, 5) is 18.6. The molecule has 2 aromatic rings. The van der Waals surface area contributed by atoms with E-state index in [9.17, 15) is 4.79 Å². The van der Waals surface area contributed by atoms with Gasteiger partial charge < -0.3 is 10.2 Å². The molecule has 0 aromatic carbocycles. The lowest BCUT2D eigenvalue weighted by Gasteiger charge is -2.17. The molecule has 1 amide bonds. The molecule has 1 saturated heterocycles. The van der Waals surface area contributed by atoms with Crippen molar-refractivity contribution in [1.82, 2.24) is 20.1 Å². The predicted molar refractivity (Wildman–Crippen MR) is 94.0 cm³/mol. The standard InChI is InChI=1S/C18H23N5O/c1-3-7-19-18(24)16-4-5-17(20-11-16)23-8-6-14(13-23)9-15-10-21-22(2)12-15/h3-5,10-12,14H,1,6-9,13H2,2H3,(H,19,24). The van der Waals surface area contributed by atoms with Crippen molar-refractivity contribution in [3.8, 4) is 0 Å². The highest BCUT2D eigenvalue weighted by Crippen LogP contribution is 2.24. The molecule has 1 aliphatic heterocycles. The van der Waals surface area contributed by atoms with Crippen LogP contribution in [0.3, 0.4) is 0 Å². The van der Waals surface area contributed by atoms with Gasteiger partial charge in [-0.3, -0.25) is 9.48 Å². The van der Waals surface area contributed by atoms with Crippen LogP contribution in [0.2, 0.25) is 0 Å². The smallest absolute Gasteiger partial charge is 0.253 e. The van der Waals surface area contributed by atoms with Crippen molar-refractivity contribution in [3.63, 3.8) is 0 Å². The van der Waals surface area contributed by atoms with Crippen LogP contribution in [0.15, 0.2) is 43.4 Å². The van der Waals surface area contributed by atoms with Gasteiger partial charge in [-0.15, -0.1) is 6.58 Å². The molecule has 6 nitrogen and oxygen atoms in total. The summed E-state index contributed by atoms with van der Waals surface area (Å²) in [5.74, 6) is 1.43. The quantitative estimate of drug-likeness (QED) is 0.823. The Morgan fingerprint density at radius 3 is 3.00 bits per heavy atom. The molecule has 1 atom stereocenters. The summed E-state index contributed by atoms with van der Waals surface area (Å²) < 4.78 is 1.85. The molecule has 0 saturated carbocycles. The highest BCUT2D eigenvalue weighted by atomic mass is 16.1. The van der Waals surface area contributed by atoms with Gasteiger partial charge in [-0.25, -0.2) is 4.98 Å². The molecule has 1 N–H and O–H groups in total. The second kappa shape index (κ2) is 7.29. The minimum Gasteiger partial charge on any atom is -0.356 e. The largest absolute Gasteiger partial charge is 0.356 e. The number of pyridine rings is 1. The van der Waals surface area contributed by atoms with Crippen molar-refractivity contribution in [1.29, 1.82) is 0 Å². The number of hydrogen-bond donors (Lipinski definition) is 1. The van der Waals surface area contributed by atoms with Gasteiger partial charge in [-0.1, -0.05) is 6.08 Å². The lowest BCUT2D eigenvalue weighted by atomic mass is 10.0. The van der Waals surface area contributed by atoms with Gasteiger partial charge in [0.15, 0.2) is 0 Å². The molecule has 0 radical (unpaired) electrons. The first-order chi connectivity index (χ1) is 11.7. The van der Waals surface area contributed by atoms with Crippen molar-refractivity contribution in [3.05, 3.63) is 54.5 Å². The average molecular weight is 325 g/mol. The first-order valence-electron chi connectivity index (χ1n) is 8.23. The number of nitrogens with one attached hydrogen (secondary N) is 1. The number of aryl methyl sites for hydroxylation is 1. The lowest BCUT2D eigenvalue weighted by Crippen LogP contribution is -2.24. The van der Waals surface area contributed by atoms with Gasteiger partial charge in [0.1, 0.15) is 5.82 Å². The van der Waals surface area contributed by atoms with Crippen LogP contribution in [-0.4, -0.2) is 40.3 Å². The number of carbonyl (C=O) groups excluding carboxylic acids is 1. The minimum absolute atomic E-state index is 0.121. The van der Waals surface area contributed by atoms with Crippen LogP contribution < -0.4 is 10.2 Å². The first-order valence-corrected chi connectivity index (χ1v) is 8.23. The summed E-state index contributed by atoms with van der Waals surface area (Å²) in [5, 5.41) is 6.99. The van der Waals surface area contributed by atoms with Crippen molar-refractivity contribution in [2.24, 2.45) is 13.0 Å². The van der Waals surface area contributed by atoms with E-state index in [2.05, 4.69) is 33.1 Å². The molecule has 1 fully saturated rings. The van der Waals surface area contributed by atoms with Gasteiger partial charge >= 0.3 is 0 Å². The summed E-state index contributed by atoms with van der Waals surface area (Å²) in [6, 6.07) is 3.75. The fourth-order valence-electron chi connectivity index (χ4n) is 3.09. The molecule has 0 spiro atoms. The van der Waals surface area contributed by atoms with Crippen molar-refractivity contribution >= 4 is 11.7 Å². The van der Waals surface area contributed by atoms with Crippen LogP contribution >= 0.6 is 0 Å². The number of amides is 1. The Balaban J connectivity index is 1.57. The molecule has 6 heteroatoms. The molecule has 1 unspecified atom stereocenters. The number of carbonyl (C=O) groups is 1. The topological polar surface area (TPSA) is 63.1 Å². The fourth-order valence-corrected chi connectivity index (χ4v) is 3.09. The normalized spacial score (nSPS) is 17.0. The molecule has 3 heterocycles. The van der Waals surface area contributed by atoms with Crippen LogP contribution in [-0.2, 0) is 13.5 Å². The summed E-state index contributed by atoms with van der Waals surface area (Å²) in [6.07, 6.45) is 9.52. The monoisotopic (exact) mass is 325 g/mol. The van der Waals surface area contributed by atoms with E-state index < -0.39 is 0 Å². The number of rotatable bonds is 6. The Labute approximate surface area is 142 Å². The van der Waals surface area contributed by atoms with Gasteiger partial charge in [0.2, 0.25) is 0 Å². The Hall–Kier alpha value is -2.63. The maximum absolute atomic E-state index is 11.9. The summed E-state index contributed by atoms with van der Waals surface area (Å²) in [6.45, 7) is 6.04. The molecule has 2 aromatic heterocycles. The first kappa shape index (κ1) is 16.2. The maximum Gasteiger partial charge on any atom is 0.253 e. The Morgan fingerprint density at radius 2 is 2.33 bits per heavy atom. The SMILES string of the molecule is C=CCNC(=O)c1ccc(N2CCC(Cc3cnn(C)c3)C2)nc1. The number of aromatic nitrogens is 3. The second-order valence-electron chi connectivity index (χ2n) is 6.23. The van der Waals surface area contributed by atoms with Crippen molar-refractivity contribution in [2.45, 2.75) is 12.8 Å². The second-order valence-corrected chi connectivity index (χ2v) is 6.23. The van der Waals surface area contributed by atoms with Crippen LogP contribution in [0, 0.1) is 5.92 Å². The van der Waals surface area contributed by atoms with Gasteiger partial charge in [0.05, 0.1) is 11.8 Å². The van der Waals surface area contributed by atoms with E-state index >= 15 is 0 Å². The molecule has 0 aliphatic carbocycles.